The van der Waals surface area contributed by atoms with Gasteiger partial charge in [0.2, 0.25) is 5.91 Å². The van der Waals surface area contributed by atoms with Crippen LogP contribution in [0.15, 0.2) is 12.2 Å². The molecule has 1 spiro atoms. The Kier molecular flexibility index (Phi) is 2.32. The van der Waals surface area contributed by atoms with Crippen LogP contribution in [0.5, 0.6) is 0 Å². The van der Waals surface area contributed by atoms with E-state index in [-0.39, 0.29) is 11.9 Å². The van der Waals surface area contributed by atoms with Crippen molar-refractivity contribution in [3.05, 3.63) is 12.2 Å². The molecule has 0 aromatic carbocycles. The van der Waals surface area contributed by atoms with E-state index in [9.17, 15) is 14.7 Å². The van der Waals surface area contributed by atoms with Crippen molar-refractivity contribution >= 4 is 11.9 Å². The van der Waals surface area contributed by atoms with Crippen LogP contribution in [-0.2, 0) is 14.3 Å². The van der Waals surface area contributed by atoms with E-state index >= 15 is 0 Å². The predicted molar refractivity (Wildman–Crippen MR) is 62.8 cm³/mol. The Bertz CT molecular complexity index is 446. The Morgan fingerprint density at radius 1 is 1.72 bits per heavy atom. The first-order valence-electron chi connectivity index (χ1n) is 6.40. The molecule has 2 fully saturated rings. The zero-order valence-electron chi connectivity index (χ0n) is 10.5. The monoisotopic (exact) mass is 251 g/mol. The molecule has 0 aromatic rings. The number of ether oxygens (including phenoxy) is 1. The van der Waals surface area contributed by atoms with Gasteiger partial charge in [0.1, 0.15) is 11.5 Å². The molecule has 2 bridgehead atoms. The number of hydrogen-bond acceptors (Lipinski definition) is 3. The molecular weight excluding hydrogens is 234 g/mol. The molecule has 5 nitrogen and oxygen atoms in total. The summed E-state index contributed by atoms with van der Waals surface area (Å²) in [5.41, 5.74) is -0.686. The summed E-state index contributed by atoms with van der Waals surface area (Å²) in [6.07, 6.45) is 4.11. The average molecular weight is 251 g/mol. The minimum atomic E-state index is -0.935. The lowest BCUT2D eigenvalue weighted by Gasteiger charge is -2.26. The van der Waals surface area contributed by atoms with Crippen molar-refractivity contribution in [2.75, 3.05) is 6.54 Å². The van der Waals surface area contributed by atoms with E-state index in [1.165, 1.54) is 0 Å². The summed E-state index contributed by atoms with van der Waals surface area (Å²) in [5, 5.41) is 9.29. The Hall–Kier alpha value is -1.36. The van der Waals surface area contributed by atoms with Gasteiger partial charge in [-0.15, -0.1) is 0 Å². The largest absolute Gasteiger partial charge is 0.481 e. The van der Waals surface area contributed by atoms with E-state index in [1.807, 2.05) is 19.9 Å². The summed E-state index contributed by atoms with van der Waals surface area (Å²) in [6.45, 7) is 4.50. The molecule has 1 N–H and O–H groups in total. The average Bonchev–Trinajstić information content (AvgIpc) is 2.96. The number of nitrogens with zero attached hydrogens (tertiary/aromatic N) is 1. The summed E-state index contributed by atoms with van der Waals surface area (Å²) in [4.78, 5) is 25.5. The fraction of sp³-hybridized carbons (Fsp3) is 0.692. The predicted octanol–water partition coefficient (Wildman–Crippen LogP) is 0.651. The number of aliphatic carboxylic acids is 1. The third-order valence-corrected chi connectivity index (χ3v) is 4.54. The van der Waals surface area contributed by atoms with Crippen molar-refractivity contribution < 1.29 is 19.4 Å². The number of likely N-dealkylation sites (tertiary alicyclic amines) is 1. The molecule has 5 heteroatoms. The van der Waals surface area contributed by atoms with E-state index in [0.717, 1.165) is 6.42 Å². The van der Waals surface area contributed by atoms with Gasteiger partial charge < -0.3 is 14.7 Å². The van der Waals surface area contributed by atoms with Gasteiger partial charge in [-0.25, -0.2) is 0 Å². The normalized spacial score (nSPS) is 42.4. The number of hydrogen-bond donors (Lipinski definition) is 1. The van der Waals surface area contributed by atoms with Crippen LogP contribution in [0.2, 0.25) is 0 Å². The number of carbonyl (C=O) groups excluding carboxylic acids is 1. The number of amides is 1. The van der Waals surface area contributed by atoms with Crippen LogP contribution in [0.25, 0.3) is 0 Å². The molecule has 2 saturated heterocycles. The molecule has 0 saturated carbocycles. The molecule has 1 amide bonds. The number of carboxylic acids is 1. The highest BCUT2D eigenvalue weighted by molar-refractivity contribution is 5.90. The van der Waals surface area contributed by atoms with E-state index < -0.39 is 29.5 Å². The fourth-order valence-corrected chi connectivity index (χ4v) is 3.40. The quantitative estimate of drug-likeness (QED) is 0.748. The minimum Gasteiger partial charge on any atom is -0.481 e. The van der Waals surface area contributed by atoms with Crippen molar-refractivity contribution in [2.45, 2.75) is 38.0 Å². The van der Waals surface area contributed by atoms with E-state index in [1.54, 1.807) is 11.0 Å². The lowest BCUT2D eigenvalue weighted by Crippen LogP contribution is -2.40. The van der Waals surface area contributed by atoms with Crippen LogP contribution < -0.4 is 0 Å². The van der Waals surface area contributed by atoms with Gasteiger partial charge in [0.05, 0.1) is 18.6 Å². The molecule has 3 aliphatic heterocycles. The summed E-state index contributed by atoms with van der Waals surface area (Å²) >= 11 is 0. The lowest BCUT2D eigenvalue weighted by molar-refractivity contribution is -0.148. The third kappa shape index (κ3) is 1.25. The van der Waals surface area contributed by atoms with E-state index in [4.69, 9.17) is 4.74 Å². The van der Waals surface area contributed by atoms with Gasteiger partial charge in [0, 0.05) is 6.04 Å². The highest BCUT2D eigenvalue weighted by atomic mass is 16.5. The number of carbonyl (C=O) groups is 2. The van der Waals surface area contributed by atoms with Crippen LogP contribution in [0.3, 0.4) is 0 Å². The topological polar surface area (TPSA) is 66.8 Å². The molecule has 3 heterocycles. The standard InChI is InChI=1S/C13H17NO4/c1-3-7(2)14-6-13-5-4-8(18-13)9(12(16)17)10(13)11(14)15/h4-5,7-10H,3,6H2,1-2H3,(H,16,17)/t7-,8+,9+,10-,13+/m0/s1. The van der Waals surface area contributed by atoms with Crippen LogP contribution >= 0.6 is 0 Å². The lowest BCUT2D eigenvalue weighted by atomic mass is 9.77. The Labute approximate surface area is 105 Å². The third-order valence-electron chi connectivity index (χ3n) is 4.54. The second kappa shape index (κ2) is 3.57. The van der Waals surface area contributed by atoms with Gasteiger partial charge >= 0.3 is 5.97 Å². The van der Waals surface area contributed by atoms with Crippen molar-refractivity contribution in [2.24, 2.45) is 11.8 Å². The maximum absolute atomic E-state index is 12.4. The van der Waals surface area contributed by atoms with Gasteiger partial charge in [-0.05, 0) is 13.3 Å². The Morgan fingerprint density at radius 3 is 3.06 bits per heavy atom. The summed E-state index contributed by atoms with van der Waals surface area (Å²) in [6, 6.07) is 0.128. The Balaban J connectivity index is 1.97. The maximum Gasteiger partial charge on any atom is 0.310 e. The molecule has 0 aromatic heterocycles. The first-order chi connectivity index (χ1) is 8.50. The van der Waals surface area contributed by atoms with Crippen molar-refractivity contribution in [3.8, 4) is 0 Å². The van der Waals surface area contributed by atoms with Gasteiger partial charge in [0.15, 0.2) is 0 Å². The van der Waals surface area contributed by atoms with Gasteiger partial charge in [0.25, 0.3) is 0 Å². The van der Waals surface area contributed by atoms with E-state index in [0.29, 0.717) is 6.54 Å². The molecule has 0 unspecified atom stereocenters. The summed E-state index contributed by atoms with van der Waals surface area (Å²) in [5.74, 6) is -2.27. The minimum absolute atomic E-state index is 0.0661. The zero-order valence-corrected chi connectivity index (χ0v) is 10.5. The van der Waals surface area contributed by atoms with E-state index in [2.05, 4.69) is 0 Å². The molecule has 18 heavy (non-hydrogen) atoms. The number of rotatable bonds is 3. The molecular formula is C13H17NO4. The van der Waals surface area contributed by atoms with Gasteiger partial charge in [-0.2, -0.15) is 0 Å². The second-order valence-electron chi connectivity index (χ2n) is 5.46. The van der Waals surface area contributed by atoms with Gasteiger partial charge in [-0.3, -0.25) is 9.59 Å². The number of carboxylic acid groups (broad SMARTS) is 1. The Morgan fingerprint density at radius 2 is 2.44 bits per heavy atom. The first kappa shape index (κ1) is 11.7. The van der Waals surface area contributed by atoms with Crippen LogP contribution in [0.4, 0.5) is 0 Å². The van der Waals surface area contributed by atoms with Gasteiger partial charge in [-0.1, -0.05) is 19.1 Å². The molecule has 5 atom stereocenters. The summed E-state index contributed by atoms with van der Waals surface area (Å²) in [7, 11) is 0. The SMILES string of the molecule is CC[C@H](C)N1C[C@@]23C=C[C@@H](O2)[C@@H](C(=O)O)[C@H]3C1=O. The first-order valence-corrected chi connectivity index (χ1v) is 6.40. The molecule has 3 rings (SSSR count). The van der Waals surface area contributed by atoms with Crippen molar-refractivity contribution in [1.29, 1.82) is 0 Å². The summed E-state index contributed by atoms with van der Waals surface area (Å²) < 4.78 is 5.80. The number of fused-ring (bicyclic) bond motifs is 1. The highest BCUT2D eigenvalue weighted by Gasteiger charge is 2.67. The maximum atomic E-state index is 12.4. The zero-order chi connectivity index (χ0) is 13.1. The highest BCUT2D eigenvalue weighted by Crippen LogP contribution is 2.52. The van der Waals surface area contributed by atoms with Crippen LogP contribution in [0, 0.1) is 11.8 Å². The second-order valence-corrected chi connectivity index (χ2v) is 5.46. The van der Waals surface area contributed by atoms with Crippen LogP contribution in [-0.4, -0.2) is 46.2 Å². The molecule has 0 aliphatic carbocycles. The van der Waals surface area contributed by atoms with Crippen molar-refractivity contribution in [3.63, 3.8) is 0 Å². The van der Waals surface area contributed by atoms with Crippen molar-refractivity contribution in [1.82, 2.24) is 4.90 Å². The molecule has 0 radical (unpaired) electrons. The molecule has 3 aliphatic rings. The fourth-order valence-electron chi connectivity index (χ4n) is 3.40. The smallest absolute Gasteiger partial charge is 0.310 e. The molecule has 98 valence electrons. The van der Waals surface area contributed by atoms with Crippen LogP contribution in [0.1, 0.15) is 20.3 Å².